The normalized spacial score (nSPS) is 11.7. The molecule has 3 nitrogen and oxygen atoms in total. The van der Waals surface area contributed by atoms with Crippen molar-refractivity contribution in [1.82, 2.24) is 5.32 Å². The molecule has 0 aromatic heterocycles. The molecule has 0 aliphatic carbocycles. The van der Waals surface area contributed by atoms with E-state index in [1.54, 1.807) is 0 Å². The van der Waals surface area contributed by atoms with E-state index in [1.807, 2.05) is 0 Å². The lowest BCUT2D eigenvalue weighted by Crippen LogP contribution is -2.29. The number of rotatable bonds is 38. The average molecular weight is 658 g/mol. The fourth-order valence-corrected chi connectivity index (χ4v) is 6.41. The van der Waals surface area contributed by atoms with Gasteiger partial charge in [-0.1, -0.05) is 192 Å². The molecule has 0 spiro atoms. The minimum absolute atomic E-state index is 0.0793. The summed E-state index contributed by atoms with van der Waals surface area (Å²) in [6, 6.07) is 0. The van der Waals surface area contributed by atoms with Gasteiger partial charge in [0.2, 0.25) is 11.8 Å². The summed E-state index contributed by atoms with van der Waals surface area (Å²) in [4.78, 5) is 24.2. The first kappa shape index (κ1) is 45.6. The fraction of sp³-hybridized carbons (Fsp3) is 0.864. The molecular weight excluding hydrogens is 574 g/mol. The first-order chi connectivity index (χ1) is 23.2. The highest BCUT2D eigenvalue weighted by Gasteiger charge is 2.07. The molecular formula is C44H83NO2. The topological polar surface area (TPSA) is 46.2 Å². The second kappa shape index (κ2) is 40.8. The van der Waals surface area contributed by atoms with E-state index in [2.05, 4.69) is 43.5 Å². The van der Waals surface area contributed by atoms with E-state index in [1.165, 1.54) is 193 Å². The van der Waals surface area contributed by atoms with Crippen molar-refractivity contribution in [3.05, 3.63) is 24.3 Å². The van der Waals surface area contributed by atoms with E-state index in [0.29, 0.717) is 12.8 Å². The SMILES string of the molecule is CCCCCCCCC=CCCCCCCCCCCCC(=O)NC(=O)CCCCCCCCCCCC=CCCCCCCCC. The lowest BCUT2D eigenvalue weighted by atomic mass is 10.0. The molecule has 276 valence electrons. The van der Waals surface area contributed by atoms with Gasteiger partial charge >= 0.3 is 0 Å². The molecule has 0 saturated carbocycles. The van der Waals surface area contributed by atoms with E-state index in [0.717, 1.165) is 25.7 Å². The van der Waals surface area contributed by atoms with Gasteiger partial charge in [0.1, 0.15) is 0 Å². The van der Waals surface area contributed by atoms with Crippen molar-refractivity contribution in [2.24, 2.45) is 0 Å². The van der Waals surface area contributed by atoms with Gasteiger partial charge in [-0.15, -0.1) is 0 Å². The summed E-state index contributed by atoms with van der Waals surface area (Å²) in [6.07, 6.45) is 54.6. The minimum atomic E-state index is -0.0793. The van der Waals surface area contributed by atoms with Gasteiger partial charge < -0.3 is 0 Å². The molecule has 0 aromatic carbocycles. The second-order valence-electron chi connectivity index (χ2n) is 14.5. The largest absolute Gasteiger partial charge is 0.296 e. The first-order valence-corrected chi connectivity index (χ1v) is 21.3. The van der Waals surface area contributed by atoms with E-state index in [4.69, 9.17) is 0 Å². The molecule has 0 heterocycles. The van der Waals surface area contributed by atoms with Crippen LogP contribution in [0.2, 0.25) is 0 Å². The van der Waals surface area contributed by atoms with Crippen LogP contribution in [0, 0.1) is 0 Å². The molecule has 0 radical (unpaired) electrons. The Hall–Kier alpha value is -1.38. The highest BCUT2D eigenvalue weighted by atomic mass is 16.2. The van der Waals surface area contributed by atoms with Crippen molar-refractivity contribution in [1.29, 1.82) is 0 Å². The van der Waals surface area contributed by atoms with E-state index in [9.17, 15) is 9.59 Å². The van der Waals surface area contributed by atoms with Crippen LogP contribution in [0.25, 0.3) is 0 Å². The monoisotopic (exact) mass is 658 g/mol. The predicted molar refractivity (Wildman–Crippen MR) is 209 cm³/mol. The van der Waals surface area contributed by atoms with Crippen LogP contribution in [0.1, 0.15) is 245 Å². The molecule has 47 heavy (non-hydrogen) atoms. The molecule has 0 aliphatic heterocycles. The van der Waals surface area contributed by atoms with Crippen molar-refractivity contribution in [2.75, 3.05) is 0 Å². The Morgan fingerprint density at radius 3 is 0.787 bits per heavy atom. The molecule has 0 aliphatic rings. The minimum Gasteiger partial charge on any atom is -0.296 e. The van der Waals surface area contributed by atoms with Crippen molar-refractivity contribution in [3.8, 4) is 0 Å². The van der Waals surface area contributed by atoms with Crippen LogP contribution in [0.5, 0.6) is 0 Å². The number of nitrogens with one attached hydrogen (secondary N) is 1. The van der Waals surface area contributed by atoms with Crippen LogP contribution in [0.3, 0.4) is 0 Å². The molecule has 2 amide bonds. The quantitative estimate of drug-likeness (QED) is 0.0530. The van der Waals surface area contributed by atoms with Crippen molar-refractivity contribution < 1.29 is 9.59 Å². The summed E-state index contributed by atoms with van der Waals surface area (Å²) in [5.41, 5.74) is 0. The average Bonchev–Trinajstić information content (AvgIpc) is 3.06. The predicted octanol–water partition coefficient (Wildman–Crippen LogP) is 14.8. The zero-order valence-corrected chi connectivity index (χ0v) is 32.1. The Morgan fingerprint density at radius 2 is 0.532 bits per heavy atom. The molecule has 0 saturated heterocycles. The molecule has 1 N–H and O–H groups in total. The number of amides is 2. The molecule has 0 atom stereocenters. The van der Waals surface area contributed by atoms with E-state index in [-0.39, 0.29) is 11.8 Å². The van der Waals surface area contributed by atoms with Gasteiger partial charge in [0.25, 0.3) is 0 Å². The number of allylic oxidation sites excluding steroid dienone is 4. The highest BCUT2D eigenvalue weighted by molar-refractivity contribution is 5.95. The van der Waals surface area contributed by atoms with Gasteiger partial charge in [0.15, 0.2) is 0 Å². The number of unbranched alkanes of at least 4 members (excludes halogenated alkanes) is 30. The van der Waals surface area contributed by atoms with Crippen molar-refractivity contribution in [3.63, 3.8) is 0 Å². The van der Waals surface area contributed by atoms with Crippen LogP contribution in [0.15, 0.2) is 24.3 Å². The number of imide groups is 1. The number of hydrogen-bond acceptors (Lipinski definition) is 2. The summed E-state index contributed by atoms with van der Waals surface area (Å²) in [6.45, 7) is 4.56. The van der Waals surface area contributed by atoms with Gasteiger partial charge in [0, 0.05) is 12.8 Å². The third kappa shape index (κ3) is 40.7. The van der Waals surface area contributed by atoms with Gasteiger partial charge in [0.05, 0.1) is 0 Å². The molecule has 3 heteroatoms. The lowest BCUT2D eigenvalue weighted by Gasteiger charge is -2.05. The first-order valence-electron chi connectivity index (χ1n) is 21.3. The molecule has 0 aromatic rings. The van der Waals surface area contributed by atoms with Gasteiger partial charge in [-0.25, -0.2) is 0 Å². The van der Waals surface area contributed by atoms with Crippen LogP contribution in [-0.2, 0) is 9.59 Å². The van der Waals surface area contributed by atoms with Gasteiger partial charge in [-0.2, -0.15) is 0 Å². The molecule has 0 rings (SSSR count). The Kier molecular flexibility index (Phi) is 39.6. The second-order valence-corrected chi connectivity index (χ2v) is 14.5. The summed E-state index contributed by atoms with van der Waals surface area (Å²) >= 11 is 0. The summed E-state index contributed by atoms with van der Waals surface area (Å²) in [5, 5.41) is 2.61. The summed E-state index contributed by atoms with van der Waals surface area (Å²) in [5.74, 6) is -0.159. The molecule has 0 fully saturated rings. The van der Waals surface area contributed by atoms with Crippen LogP contribution < -0.4 is 5.32 Å². The van der Waals surface area contributed by atoms with Gasteiger partial charge in [-0.05, 0) is 64.2 Å². The van der Waals surface area contributed by atoms with E-state index < -0.39 is 0 Å². The van der Waals surface area contributed by atoms with Crippen molar-refractivity contribution >= 4 is 11.8 Å². The molecule has 0 bridgehead atoms. The maximum absolute atomic E-state index is 12.1. The zero-order chi connectivity index (χ0) is 34.1. The van der Waals surface area contributed by atoms with Gasteiger partial charge in [-0.3, -0.25) is 14.9 Å². The van der Waals surface area contributed by atoms with Crippen LogP contribution in [0.4, 0.5) is 0 Å². The third-order valence-electron chi connectivity index (χ3n) is 9.61. The Labute approximate surface area is 295 Å². The lowest BCUT2D eigenvalue weighted by molar-refractivity contribution is -0.130. The maximum Gasteiger partial charge on any atom is 0.226 e. The smallest absolute Gasteiger partial charge is 0.226 e. The number of hydrogen-bond donors (Lipinski definition) is 1. The summed E-state index contributed by atoms with van der Waals surface area (Å²) < 4.78 is 0. The maximum atomic E-state index is 12.1. The summed E-state index contributed by atoms with van der Waals surface area (Å²) in [7, 11) is 0. The standard InChI is InChI=1S/C44H83NO2/c1-3-5-7-9-11-13-15-17-19-21-23-25-27-29-31-33-35-37-39-41-43(46)45-44(47)42-40-38-36-34-32-30-28-26-24-22-20-18-16-14-12-10-8-6-4-2/h17-20H,3-16,21-42H2,1-2H3,(H,45,46,47). The Balaban J connectivity index is 3.32. The zero-order valence-electron chi connectivity index (χ0n) is 32.1. The highest BCUT2D eigenvalue weighted by Crippen LogP contribution is 2.14. The molecule has 0 unspecified atom stereocenters. The van der Waals surface area contributed by atoms with Crippen molar-refractivity contribution in [2.45, 2.75) is 245 Å². The third-order valence-corrected chi connectivity index (χ3v) is 9.61. The van der Waals surface area contributed by atoms with Crippen LogP contribution >= 0.6 is 0 Å². The van der Waals surface area contributed by atoms with E-state index >= 15 is 0 Å². The Morgan fingerprint density at radius 1 is 0.319 bits per heavy atom. The number of carbonyl (C=O) groups excluding carboxylic acids is 2. The fourth-order valence-electron chi connectivity index (χ4n) is 6.41. The Bertz CT molecular complexity index is 639. The van der Waals surface area contributed by atoms with Crippen LogP contribution in [-0.4, -0.2) is 11.8 Å². The number of carbonyl (C=O) groups is 2.